The van der Waals surface area contributed by atoms with Gasteiger partial charge in [0.2, 0.25) is 0 Å². The number of benzene rings is 1. The van der Waals surface area contributed by atoms with Crippen LogP contribution in [0.5, 0.6) is 0 Å². The minimum Gasteiger partial charge on any atom is -0.399 e. The lowest BCUT2D eigenvalue weighted by atomic mass is 10.2. The predicted octanol–water partition coefficient (Wildman–Crippen LogP) is 3.03. The Morgan fingerprint density at radius 1 is 1.36 bits per heavy atom. The van der Waals surface area contributed by atoms with Crippen molar-refractivity contribution in [3.8, 4) is 6.07 Å². The maximum atomic E-state index is 8.92. The molecule has 3 heteroatoms. The Morgan fingerprint density at radius 2 is 2.00 bits per heavy atom. The van der Waals surface area contributed by atoms with E-state index in [2.05, 4.69) is 26.8 Å². The molecule has 0 saturated heterocycles. The Bertz CT molecular complexity index is 372. The van der Waals surface area contributed by atoms with Crippen molar-refractivity contribution in [2.75, 3.05) is 5.73 Å². The normalized spacial score (nSPS) is 11.0. The van der Waals surface area contributed by atoms with Gasteiger partial charge in [0, 0.05) is 15.3 Å². The molecule has 0 unspecified atom stereocenters. The highest BCUT2D eigenvalue weighted by atomic mass is 32.2. The summed E-state index contributed by atoms with van der Waals surface area (Å²) in [5.41, 5.74) is 6.90. The van der Waals surface area contributed by atoms with Gasteiger partial charge in [0.15, 0.2) is 0 Å². The number of nitrogen functional groups attached to an aromatic ring is 1. The number of nitrogens with two attached hydrogens (primary N) is 1. The van der Waals surface area contributed by atoms with E-state index in [4.69, 9.17) is 11.0 Å². The molecule has 14 heavy (non-hydrogen) atoms. The SMILES string of the molecule is CC(C)(C)Sc1ccc(N)cc1C#N. The van der Waals surface area contributed by atoms with Crippen molar-refractivity contribution in [3.63, 3.8) is 0 Å². The molecular formula is C11H14N2S. The molecule has 1 aromatic rings. The van der Waals surface area contributed by atoms with Crippen molar-refractivity contribution < 1.29 is 0 Å². The molecule has 0 bridgehead atoms. The van der Waals surface area contributed by atoms with Gasteiger partial charge in [-0.05, 0) is 18.2 Å². The number of nitriles is 1. The molecule has 0 aliphatic heterocycles. The zero-order chi connectivity index (χ0) is 10.8. The monoisotopic (exact) mass is 206 g/mol. The Morgan fingerprint density at radius 3 is 2.50 bits per heavy atom. The van der Waals surface area contributed by atoms with E-state index < -0.39 is 0 Å². The van der Waals surface area contributed by atoms with E-state index >= 15 is 0 Å². The molecule has 74 valence electrons. The topological polar surface area (TPSA) is 49.8 Å². The van der Waals surface area contributed by atoms with E-state index in [-0.39, 0.29) is 4.75 Å². The Kier molecular flexibility index (Phi) is 3.07. The van der Waals surface area contributed by atoms with E-state index in [9.17, 15) is 0 Å². The van der Waals surface area contributed by atoms with Gasteiger partial charge in [0.25, 0.3) is 0 Å². The maximum absolute atomic E-state index is 8.92. The minimum atomic E-state index is 0.113. The molecular weight excluding hydrogens is 192 g/mol. The highest BCUT2D eigenvalue weighted by Gasteiger charge is 2.14. The maximum Gasteiger partial charge on any atom is 0.100 e. The van der Waals surface area contributed by atoms with Crippen molar-refractivity contribution >= 4 is 17.4 Å². The summed E-state index contributed by atoms with van der Waals surface area (Å²) in [5.74, 6) is 0. The molecule has 2 N–H and O–H groups in total. The van der Waals surface area contributed by atoms with Crippen LogP contribution in [0, 0.1) is 11.3 Å². The van der Waals surface area contributed by atoms with Crippen molar-refractivity contribution in [1.29, 1.82) is 5.26 Å². The Labute approximate surface area is 89.1 Å². The summed E-state index contributed by atoms with van der Waals surface area (Å²) in [6, 6.07) is 7.61. The van der Waals surface area contributed by atoms with Crippen molar-refractivity contribution in [3.05, 3.63) is 23.8 Å². The van der Waals surface area contributed by atoms with Gasteiger partial charge in [-0.3, -0.25) is 0 Å². The van der Waals surface area contributed by atoms with Crippen LogP contribution in [-0.2, 0) is 0 Å². The molecule has 0 aliphatic carbocycles. The molecule has 2 nitrogen and oxygen atoms in total. The lowest BCUT2D eigenvalue weighted by Crippen LogP contribution is -2.07. The highest BCUT2D eigenvalue weighted by Crippen LogP contribution is 2.34. The van der Waals surface area contributed by atoms with Crippen LogP contribution in [0.25, 0.3) is 0 Å². The second kappa shape index (κ2) is 3.93. The number of nitrogens with zero attached hydrogens (tertiary/aromatic N) is 1. The van der Waals surface area contributed by atoms with Crippen LogP contribution >= 0.6 is 11.8 Å². The first-order chi connectivity index (χ1) is 6.42. The molecule has 0 saturated carbocycles. The van der Waals surface area contributed by atoms with E-state index in [0.717, 1.165) is 4.90 Å². The smallest absolute Gasteiger partial charge is 0.100 e. The molecule has 0 atom stereocenters. The van der Waals surface area contributed by atoms with E-state index in [1.807, 2.05) is 12.1 Å². The van der Waals surface area contributed by atoms with Crippen molar-refractivity contribution in [2.24, 2.45) is 0 Å². The lowest BCUT2D eigenvalue weighted by Gasteiger charge is -2.18. The molecule has 0 radical (unpaired) electrons. The first-order valence-corrected chi connectivity index (χ1v) is 5.23. The van der Waals surface area contributed by atoms with Gasteiger partial charge in [-0.2, -0.15) is 5.26 Å². The second-order valence-corrected chi connectivity index (χ2v) is 5.95. The number of rotatable bonds is 1. The van der Waals surface area contributed by atoms with Gasteiger partial charge in [-0.15, -0.1) is 11.8 Å². The number of thioether (sulfide) groups is 1. The van der Waals surface area contributed by atoms with E-state index in [1.54, 1.807) is 17.8 Å². The number of hydrogen-bond acceptors (Lipinski definition) is 3. The highest BCUT2D eigenvalue weighted by molar-refractivity contribution is 8.00. The van der Waals surface area contributed by atoms with Crippen LogP contribution in [-0.4, -0.2) is 4.75 Å². The third-order valence-electron chi connectivity index (χ3n) is 1.54. The van der Waals surface area contributed by atoms with Crippen LogP contribution in [0.3, 0.4) is 0 Å². The first-order valence-electron chi connectivity index (χ1n) is 4.41. The van der Waals surface area contributed by atoms with Crippen LogP contribution in [0.1, 0.15) is 26.3 Å². The van der Waals surface area contributed by atoms with Crippen LogP contribution < -0.4 is 5.73 Å². The number of anilines is 1. The molecule has 0 spiro atoms. The minimum absolute atomic E-state index is 0.113. The summed E-state index contributed by atoms with van der Waals surface area (Å²) in [6.07, 6.45) is 0. The second-order valence-electron chi connectivity index (χ2n) is 4.08. The largest absolute Gasteiger partial charge is 0.399 e. The summed E-state index contributed by atoms with van der Waals surface area (Å²) < 4.78 is 0.113. The Balaban J connectivity index is 3.05. The van der Waals surface area contributed by atoms with Gasteiger partial charge in [-0.25, -0.2) is 0 Å². The molecule has 0 fully saturated rings. The third kappa shape index (κ3) is 2.97. The molecule has 0 aliphatic rings. The molecule has 0 amide bonds. The summed E-state index contributed by atoms with van der Waals surface area (Å²) in [5, 5.41) is 8.92. The van der Waals surface area contributed by atoms with Gasteiger partial charge >= 0.3 is 0 Å². The standard InChI is InChI=1S/C11H14N2S/c1-11(2,3)14-10-5-4-9(13)6-8(10)7-12/h4-6H,13H2,1-3H3. The lowest BCUT2D eigenvalue weighted by molar-refractivity contribution is 0.802. The van der Waals surface area contributed by atoms with Gasteiger partial charge in [0.05, 0.1) is 5.56 Å². The van der Waals surface area contributed by atoms with Gasteiger partial charge in [0.1, 0.15) is 6.07 Å². The fourth-order valence-corrected chi connectivity index (χ4v) is 2.06. The average Bonchev–Trinajstić information content (AvgIpc) is 2.06. The van der Waals surface area contributed by atoms with Crippen LogP contribution in [0.2, 0.25) is 0 Å². The molecule has 1 rings (SSSR count). The fourth-order valence-electron chi connectivity index (χ4n) is 1.05. The van der Waals surface area contributed by atoms with Crippen LogP contribution in [0.4, 0.5) is 5.69 Å². The summed E-state index contributed by atoms with van der Waals surface area (Å²) in [4.78, 5) is 0.995. The zero-order valence-electron chi connectivity index (χ0n) is 8.66. The third-order valence-corrected chi connectivity index (χ3v) is 2.73. The summed E-state index contributed by atoms with van der Waals surface area (Å²) >= 11 is 1.68. The molecule has 0 heterocycles. The van der Waals surface area contributed by atoms with E-state index in [1.165, 1.54) is 0 Å². The van der Waals surface area contributed by atoms with Crippen molar-refractivity contribution in [2.45, 2.75) is 30.4 Å². The zero-order valence-corrected chi connectivity index (χ0v) is 9.48. The summed E-state index contributed by atoms with van der Waals surface area (Å²) in [6.45, 7) is 6.36. The summed E-state index contributed by atoms with van der Waals surface area (Å²) in [7, 11) is 0. The number of hydrogen-bond donors (Lipinski definition) is 1. The van der Waals surface area contributed by atoms with Gasteiger partial charge in [-0.1, -0.05) is 20.8 Å². The first kappa shape index (κ1) is 10.9. The van der Waals surface area contributed by atoms with E-state index in [0.29, 0.717) is 11.3 Å². The quantitative estimate of drug-likeness (QED) is 0.567. The molecule has 1 aromatic carbocycles. The Hall–Kier alpha value is -1.14. The average molecular weight is 206 g/mol. The predicted molar refractivity (Wildman–Crippen MR) is 61.2 cm³/mol. The fraction of sp³-hybridized carbons (Fsp3) is 0.364. The van der Waals surface area contributed by atoms with Crippen molar-refractivity contribution in [1.82, 2.24) is 0 Å². The molecule has 0 aromatic heterocycles. The van der Waals surface area contributed by atoms with Crippen LogP contribution in [0.15, 0.2) is 23.1 Å². The van der Waals surface area contributed by atoms with Gasteiger partial charge < -0.3 is 5.73 Å².